The van der Waals surface area contributed by atoms with E-state index in [1.807, 2.05) is 0 Å². The van der Waals surface area contributed by atoms with Gasteiger partial charge in [0.05, 0.1) is 4.92 Å². The molecule has 1 aromatic carbocycles. The van der Waals surface area contributed by atoms with Crippen LogP contribution < -0.4 is 11.5 Å². The molecule has 1 rings (SSSR count). The van der Waals surface area contributed by atoms with E-state index in [0.717, 1.165) is 12.0 Å². The molecule has 16 heavy (non-hydrogen) atoms. The van der Waals surface area contributed by atoms with Gasteiger partial charge in [-0.3, -0.25) is 10.1 Å². The molecule has 0 radical (unpaired) electrons. The molecule has 0 aliphatic heterocycles. The summed E-state index contributed by atoms with van der Waals surface area (Å²) in [5.41, 5.74) is 11.8. The number of anilines is 1. The van der Waals surface area contributed by atoms with E-state index in [9.17, 15) is 10.1 Å². The van der Waals surface area contributed by atoms with Gasteiger partial charge >= 0.3 is 0 Å². The van der Waals surface area contributed by atoms with Crippen molar-refractivity contribution in [3.05, 3.63) is 33.9 Å². The van der Waals surface area contributed by atoms with Crippen LogP contribution in [0.25, 0.3) is 0 Å². The summed E-state index contributed by atoms with van der Waals surface area (Å²) >= 11 is 0. The molecular formula is C11H19N3O2. The highest BCUT2D eigenvalue weighted by atomic mass is 16.6. The third-order valence-electron chi connectivity index (χ3n) is 2.42. The molecule has 5 nitrogen and oxygen atoms in total. The van der Waals surface area contributed by atoms with Crippen LogP contribution in [0.1, 0.15) is 31.7 Å². The van der Waals surface area contributed by atoms with Gasteiger partial charge < -0.3 is 11.5 Å². The van der Waals surface area contributed by atoms with Gasteiger partial charge in [0.1, 0.15) is 0 Å². The predicted molar refractivity (Wildman–Crippen MR) is 66.3 cm³/mol. The molecule has 0 bridgehead atoms. The van der Waals surface area contributed by atoms with Gasteiger partial charge in [-0.1, -0.05) is 13.8 Å². The number of nitrogen functional groups attached to an aromatic ring is 1. The van der Waals surface area contributed by atoms with E-state index in [1.165, 1.54) is 19.2 Å². The Morgan fingerprint density at radius 2 is 2.00 bits per heavy atom. The molecule has 5 heteroatoms. The van der Waals surface area contributed by atoms with Crippen molar-refractivity contribution in [3.63, 3.8) is 0 Å². The molecule has 0 saturated heterocycles. The Morgan fingerprint density at radius 1 is 1.44 bits per heavy atom. The maximum absolute atomic E-state index is 10.5. The summed E-state index contributed by atoms with van der Waals surface area (Å²) in [5.74, 6) is 0.343. The van der Waals surface area contributed by atoms with E-state index in [0.29, 0.717) is 11.6 Å². The second-order valence-electron chi connectivity index (χ2n) is 3.38. The van der Waals surface area contributed by atoms with Gasteiger partial charge in [-0.15, -0.1) is 0 Å². The maximum atomic E-state index is 10.5. The molecule has 0 aromatic heterocycles. The minimum atomic E-state index is -0.434. The average molecular weight is 225 g/mol. The van der Waals surface area contributed by atoms with E-state index in [-0.39, 0.29) is 5.69 Å². The Morgan fingerprint density at radius 3 is 2.38 bits per heavy atom. The van der Waals surface area contributed by atoms with Crippen LogP contribution in [-0.2, 0) is 0 Å². The van der Waals surface area contributed by atoms with E-state index in [4.69, 9.17) is 5.73 Å². The number of nitrogens with zero attached hydrogens (tertiary/aromatic N) is 1. The minimum Gasteiger partial charge on any atom is -0.398 e. The first kappa shape index (κ1) is 14.4. The summed E-state index contributed by atoms with van der Waals surface area (Å²) in [4.78, 5) is 10.0. The number of nitro benzene ring substituents is 1. The molecule has 1 atom stereocenters. The third kappa shape index (κ3) is 3.51. The van der Waals surface area contributed by atoms with Crippen LogP contribution in [0.2, 0.25) is 0 Å². The van der Waals surface area contributed by atoms with Crippen LogP contribution in [0.4, 0.5) is 11.4 Å². The summed E-state index contributed by atoms with van der Waals surface area (Å²) in [7, 11) is 1.50. The van der Waals surface area contributed by atoms with Crippen molar-refractivity contribution in [2.24, 2.45) is 5.73 Å². The molecule has 4 N–H and O–H groups in total. The monoisotopic (exact) mass is 225 g/mol. The molecule has 0 heterocycles. The fourth-order valence-corrected chi connectivity index (χ4v) is 1.34. The zero-order valence-corrected chi connectivity index (χ0v) is 9.93. The number of nitro groups is 1. The zero-order valence-electron chi connectivity index (χ0n) is 9.93. The largest absolute Gasteiger partial charge is 0.398 e. The van der Waals surface area contributed by atoms with Gasteiger partial charge in [0.25, 0.3) is 5.69 Å². The van der Waals surface area contributed by atoms with Crippen LogP contribution >= 0.6 is 0 Å². The first-order valence-corrected chi connectivity index (χ1v) is 5.17. The number of nitrogens with two attached hydrogens (primary N) is 2. The SMILES string of the molecule is CCC(C)c1ccc([N+](=O)[O-])cc1N.CN. The molecular weight excluding hydrogens is 206 g/mol. The van der Waals surface area contributed by atoms with Crippen molar-refractivity contribution in [1.29, 1.82) is 0 Å². The molecule has 0 saturated carbocycles. The fourth-order valence-electron chi connectivity index (χ4n) is 1.34. The van der Waals surface area contributed by atoms with Gasteiger partial charge in [-0.25, -0.2) is 0 Å². The molecule has 1 unspecified atom stereocenters. The Kier molecular flexibility index (Phi) is 6.10. The Balaban J connectivity index is 0.00000106. The molecule has 0 spiro atoms. The van der Waals surface area contributed by atoms with Gasteiger partial charge in [0, 0.05) is 17.8 Å². The summed E-state index contributed by atoms with van der Waals surface area (Å²) in [6, 6.07) is 4.65. The van der Waals surface area contributed by atoms with Crippen LogP contribution in [-0.4, -0.2) is 12.0 Å². The Hall–Kier alpha value is -1.62. The second-order valence-corrected chi connectivity index (χ2v) is 3.38. The number of hydrogen-bond donors (Lipinski definition) is 2. The van der Waals surface area contributed by atoms with Crippen molar-refractivity contribution in [3.8, 4) is 0 Å². The smallest absolute Gasteiger partial charge is 0.271 e. The van der Waals surface area contributed by atoms with Crippen molar-refractivity contribution < 1.29 is 4.92 Å². The number of non-ortho nitro benzene ring substituents is 1. The zero-order chi connectivity index (χ0) is 12.7. The van der Waals surface area contributed by atoms with E-state index < -0.39 is 4.92 Å². The van der Waals surface area contributed by atoms with Crippen LogP contribution in [0, 0.1) is 10.1 Å². The normalized spacial score (nSPS) is 11.2. The molecule has 0 fully saturated rings. The van der Waals surface area contributed by atoms with Gasteiger partial charge in [0.2, 0.25) is 0 Å². The van der Waals surface area contributed by atoms with Crippen molar-refractivity contribution >= 4 is 11.4 Å². The first-order chi connectivity index (χ1) is 7.56. The second kappa shape index (κ2) is 6.79. The van der Waals surface area contributed by atoms with Gasteiger partial charge in [0.15, 0.2) is 0 Å². The van der Waals surface area contributed by atoms with E-state index in [2.05, 4.69) is 19.6 Å². The first-order valence-electron chi connectivity index (χ1n) is 5.17. The van der Waals surface area contributed by atoms with E-state index in [1.54, 1.807) is 6.07 Å². The van der Waals surface area contributed by atoms with Crippen LogP contribution in [0.5, 0.6) is 0 Å². The lowest BCUT2D eigenvalue weighted by Gasteiger charge is -2.11. The topological polar surface area (TPSA) is 95.2 Å². The predicted octanol–water partition coefficient (Wildman–Crippen LogP) is 2.27. The van der Waals surface area contributed by atoms with Crippen molar-refractivity contribution in [1.82, 2.24) is 0 Å². The van der Waals surface area contributed by atoms with Crippen molar-refractivity contribution in [2.45, 2.75) is 26.2 Å². The molecule has 0 amide bonds. The van der Waals surface area contributed by atoms with Crippen molar-refractivity contribution in [2.75, 3.05) is 12.8 Å². The van der Waals surface area contributed by atoms with Crippen LogP contribution in [0.15, 0.2) is 18.2 Å². The lowest BCUT2D eigenvalue weighted by Crippen LogP contribution is -1.99. The molecule has 0 aliphatic carbocycles. The number of benzene rings is 1. The summed E-state index contributed by atoms with van der Waals surface area (Å²) in [6.07, 6.45) is 0.974. The Labute approximate surface area is 95.6 Å². The highest BCUT2D eigenvalue weighted by Crippen LogP contribution is 2.27. The van der Waals surface area contributed by atoms with Gasteiger partial charge in [-0.05, 0) is 31.0 Å². The minimum absolute atomic E-state index is 0.0505. The quantitative estimate of drug-likeness (QED) is 0.468. The maximum Gasteiger partial charge on any atom is 0.271 e. The van der Waals surface area contributed by atoms with Gasteiger partial charge in [-0.2, -0.15) is 0 Å². The fraction of sp³-hybridized carbons (Fsp3) is 0.455. The highest BCUT2D eigenvalue weighted by Gasteiger charge is 2.11. The molecule has 90 valence electrons. The molecule has 0 aliphatic rings. The summed E-state index contributed by atoms with van der Waals surface area (Å²) in [6.45, 7) is 4.11. The van der Waals surface area contributed by atoms with Crippen LogP contribution in [0.3, 0.4) is 0 Å². The summed E-state index contributed by atoms with van der Waals surface area (Å²) in [5, 5.41) is 10.5. The number of rotatable bonds is 3. The lowest BCUT2D eigenvalue weighted by atomic mass is 9.97. The number of hydrogen-bond acceptors (Lipinski definition) is 4. The highest BCUT2D eigenvalue weighted by molar-refractivity contribution is 5.55. The Bertz CT molecular complexity index is 353. The molecule has 1 aromatic rings. The lowest BCUT2D eigenvalue weighted by molar-refractivity contribution is -0.384. The third-order valence-corrected chi connectivity index (χ3v) is 2.42. The average Bonchev–Trinajstić information content (AvgIpc) is 2.30. The summed E-state index contributed by atoms with van der Waals surface area (Å²) < 4.78 is 0. The standard InChI is InChI=1S/C10H14N2O2.CH5N/c1-3-7(2)9-5-4-8(12(13)14)6-10(9)11;1-2/h4-7H,3,11H2,1-2H3;2H2,1H3. The van der Waals surface area contributed by atoms with E-state index >= 15 is 0 Å².